The van der Waals surface area contributed by atoms with E-state index in [4.69, 9.17) is 5.73 Å². The van der Waals surface area contributed by atoms with Gasteiger partial charge < -0.3 is 16.4 Å². The number of aromatic nitrogens is 2. The van der Waals surface area contributed by atoms with Gasteiger partial charge in [-0.05, 0) is 87.2 Å². The van der Waals surface area contributed by atoms with Crippen LogP contribution in [0.15, 0.2) is 47.4 Å². The molecule has 0 aliphatic heterocycles. The molecule has 0 unspecified atom stereocenters. The molecule has 2 aromatic carbocycles. The zero-order valence-corrected chi connectivity index (χ0v) is 24.0. The van der Waals surface area contributed by atoms with Gasteiger partial charge in [-0.25, -0.2) is 18.1 Å². The van der Waals surface area contributed by atoms with Crippen molar-refractivity contribution in [3.63, 3.8) is 0 Å². The average molecular weight is 633 g/mol. The quantitative estimate of drug-likeness (QED) is 0.142. The van der Waals surface area contributed by atoms with Crippen LogP contribution in [0.3, 0.4) is 0 Å². The zero-order valence-electron chi connectivity index (χ0n) is 23.2. The number of sulfonamides is 1. The Labute approximate surface area is 245 Å². The highest BCUT2D eigenvalue weighted by Gasteiger charge is 2.38. The van der Waals surface area contributed by atoms with Gasteiger partial charge in [-0.3, -0.25) is 0 Å². The Kier molecular flexibility index (Phi) is 10.4. The Morgan fingerprint density at radius 3 is 2.02 bits per heavy atom. The predicted octanol–water partition coefficient (Wildman–Crippen LogP) is 6.02. The Balaban J connectivity index is 1.32. The lowest BCUT2D eigenvalue weighted by molar-refractivity contribution is -0.143. The lowest BCUT2D eigenvalue weighted by Crippen LogP contribution is -2.32. The van der Waals surface area contributed by atoms with Crippen molar-refractivity contribution in [3.05, 3.63) is 53.6 Å². The van der Waals surface area contributed by atoms with Crippen molar-refractivity contribution in [2.75, 3.05) is 36.8 Å². The lowest BCUT2D eigenvalue weighted by Gasteiger charge is -2.28. The normalized spacial score (nSPS) is 18.1. The number of hydrogen-bond donors (Lipinski definition) is 4. The predicted molar refractivity (Wildman–Crippen MR) is 152 cm³/mol. The fourth-order valence-corrected chi connectivity index (χ4v) is 6.22. The number of nitrogens with two attached hydrogens (primary N) is 1. The van der Waals surface area contributed by atoms with Crippen LogP contribution in [0.2, 0.25) is 0 Å². The number of unbranched alkanes of at least 4 members (excludes halogenated alkanes) is 1. The minimum Gasteiger partial charge on any atom is -0.369 e. The van der Waals surface area contributed by atoms with Gasteiger partial charge >= 0.3 is 12.4 Å². The number of para-hydroxylation sites is 1. The highest BCUT2D eigenvalue weighted by atomic mass is 32.2. The van der Waals surface area contributed by atoms with Crippen molar-refractivity contribution in [1.82, 2.24) is 14.7 Å². The molecule has 15 heteroatoms. The largest absolute Gasteiger partial charge is 0.416 e. The molecule has 1 fully saturated rings. The number of benzene rings is 2. The summed E-state index contributed by atoms with van der Waals surface area (Å²) < 4.78 is 107. The molecule has 0 amide bonds. The van der Waals surface area contributed by atoms with Crippen molar-refractivity contribution in [2.45, 2.75) is 55.8 Å². The SMILES string of the molecule is NCCCCNc1nc(NCC2CCC(CNS(=O)(=O)c3cc(C(F)(F)F)cc(C(F)(F)F)c3)CC2)nc2ccccc12. The molecular weight excluding hydrogens is 598 g/mol. The smallest absolute Gasteiger partial charge is 0.369 e. The van der Waals surface area contributed by atoms with Crippen molar-refractivity contribution in [1.29, 1.82) is 0 Å². The highest BCUT2D eigenvalue weighted by molar-refractivity contribution is 7.89. The molecule has 0 spiro atoms. The Hall–Kier alpha value is -3.17. The van der Waals surface area contributed by atoms with Crippen LogP contribution in [0.5, 0.6) is 0 Å². The Bertz CT molecular complexity index is 1460. The Morgan fingerprint density at radius 1 is 0.814 bits per heavy atom. The van der Waals surface area contributed by atoms with Crippen LogP contribution in [0.4, 0.5) is 38.1 Å². The molecule has 0 atom stereocenters. The van der Waals surface area contributed by atoms with E-state index in [0.29, 0.717) is 31.9 Å². The highest BCUT2D eigenvalue weighted by Crippen LogP contribution is 2.37. The van der Waals surface area contributed by atoms with Crippen LogP contribution in [0.1, 0.15) is 49.7 Å². The molecule has 1 saturated carbocycles. The molecule has 8 nitrogen and oxygen atoms in total. The fraction of sp³-hybridized carbons (Fsp3) is 0.500. The molecule has 1 aliphatic rings. The van der Waals surface area contributed by atoms with Gasteiger partial charge in [-0.15, -0.1) is 0 Å². The third-order valence-electron chi connectivity index (χ3n) is 7.48. The third kappa shape index (κ3) is 8.92. The molecule has 0 saturated heterocycles. The first-order valence-electron chi connectivity index (χ1n) is 14.0. The van der Waals surface area contributed by atoms with E-state index in [0.717, 1.165) is 48.9 Å². The first-order valence-corrected chi connectivity index (χ1v) is 15.5. The minimum atomic E-state index is -5.14. The number of fused-ring (bicyclic) bond motifs is 1. The molecular formula is C28H34F6N6O2S. The van der Waals surface area contributed by atoms with E-state index in [-0.39, 0.29) is 36.6 Å². The van der Waals surface area contributed by atoms with E-state index in [1.807, 2.05) is 24.3 Å². The second-order valence-electron chi connectivity index (χ2n) is 10.7. The molecule has 1 aromatic heterocycles. The van der Waals surface area contributed by atoms with E-state index in [1.54, 1.807) is 0 Å². The number of nitrogens with zero attached hydrogens (tertiary/aromatic N) is 2. The molecule has 1 heterocycles. The van der Waals surface area contributed by atoms with Gasteiger partial charge in [-0.2, -0.15) is 31.3 Å². The summed E-state index contributed by atoms with van der Waals surface area (Å²) >= 11 is 0. The maximum Gasteiger partial charge on any atom is 0.416 e. The van der Waals surface area contributed by atoms with Crippen LogP contribution >= 0.6 is 0 Å². The minimum absolute atomic E-state index is 0.0902. The van der Waals surface area contributed by atoms with Crippen molar-refractivity contribution < 1.29 is 34.8 Å². The maximum absolute atomic E-state index is 13.2. The number of halogens is 6. The molecule has 4 rings (SSSR count). The van der Waals surface area contributed by atoms with Gasteiger partial charge in [0.2, 0.25) is 16.0 Å². The number of alkyl halides is 6. The van der Waals surface area contributed by atoms with E-state index in [2.05, 4.69) is 25.3 Å². The van der Waals surface area contributed by atoms with Crippen molar-refractivity contribution >= 4 is 32.7 Å². The first kappa shape index (κ1) is 32.7. The summed E-state index contributed by atoms with van der Waals surface area (Å²) in [4.78, 5) is 8.18. The topological polar surface area (TPSA) is 122 Å². The summed E-state index contributed by atoms with van der Waals surface area (Å²) in [6, 6.07) is 8.01. The second-order valence-corrected chi connectivity index (χ2v) is 12.5. The monoisotopic (exact) mass is 632 g/mol. The van der Waals surface area contributed by atoms with Crippen LogP contribution in [-0.2, 0) is 22.4 Å². The van der Waals surface area contributed by atoms with Crippen LogP contribution in [0, 0.1) is 11.8 Å². The summed E-state index contributed by atoms with van der Waals surface area (Å²) in [5.41, 5.74) is 3.01. The van der Waals surface area contributed by atoms with E-state index in [9.17, 15) is 34.8 Å². The number of nitrogens with one attached hydrogen (secondary N) is 3. The van der Waals surface area contributed by atoms with Gasteiger partial charge in [-0.1, -0.05) is 12.1 Å². The number of rotatable bonds is 12. The van der Waals surface area contributed by atoms with E-state index < -0.39 is 38.4 Å². The molecule has 0 radical (unpaired) electrons. The van der Waals surface area contributed by atoms with Gasteiger partial charge in [0, 0.05) is 25.0 Å². The molecule has 236 valence electrons. The maximum atomic E-state index is 13.2. The number of hydrogen-bond acceptors (Lipinski definition) is 7. The average Bonchev–Trinajstić information content (AvgIpc) is 2.96. The molecule has 43 heavy (non-hydrogen) atoms. The van der Waals surface area contributed by atoms with Gasteiger partial charge in [0.05, 0.1) is 21.5 Å². The summed E-state index contributed by atoms with van der Waals surface area (Å²) in [5, 5.41) is 7.56. The van der Waals surface area contributed by atoms with Crippen LogP contribution < -0.4 is 21.1 Å². The van der Waals surface area contributed by atoms with Gasteiger partial charge in [0.1, 0.15) is 5.82 Å². The molecule has 3 aromatic rings. The zero-order chi connectivity index (χ0) is 31.3. The lowest BCUT2D eigenvalue weighted by atomic mass is 9.82. The first-order chi connectivity index (χ1) is 20.3. The summed E-state index contributed by atoms with van der Waals surface area (Å²) in [6.07, 6.45) is -5.70. The van der Waals surface area contributed by atoms with E-state index >= 15 is 0 Å². The summed E-state index contributed by atoms with van der Waals surface area (Å²) in [7, 11) is -4.61. The van der Waals surface area contributed by atoms with Crippen molar-refractivity contribution in [3.8, 4) is 0 Å². The molecule has 5 N–H and O–H groups in total. The fourth-order valence-electron chi connectivity index (χ4n) is 5.03. The standard InChI is InChI=1S/C28H34F6N6O2S/c29-27(30,31)20-13-21(28(32,33)34)15-22(14-20)43(41,42)38-17-19-9-7-18(8-10-19)16-37-26-39-24-6-2-1-5-23(24)25(40-26)36-12-4-3-11-35/h1-2,5-6,13-15,18-19,38H,3-4,7-12,16-17,35H2,(H2,36,37,39,40). The summed E-state index contributed by atoms with van der Waals surface area (Å²) in [6.45, 7) is 1.84. The van der Waals surface area contributed by atoms with Gasteiger partial charge in [0.25, 0.3) is 0 Å². The van der Waals surface area contributed by atoms with Crippen molar-refractivity contribution in [2.24, 2.45) is 17.6 Å². The van der Waals surface area contributed by atoms with Crippen LogP contribution in [0.25, 0.3) is 10.9 Å². The van der Waals surface area contributed by atoms with E-state index in [1.165, 1.54) is 0 Å². The van der Waals surface area contributed by atoms with Crippen LogP contribution in [-0.4, -0.2) is 44.6 Å². The summed E-state index contributed by atoms with van der Waals surface area (Å²) in [5.74, 6) is 1.35. The molecule has 1 aliphatic carbocycles. The Morgan fingerprint density at radius 2 is 1.42 bits per heavy atom. The third-order valence-corrected chi connectivity index (χ3v) is 8.88. The van der Waals surface area contributed by atoms with Gasteiger partial charge in [0.15, 0.2) is 0 Å². The second kappa shape index (κ2) is 13.6. The number of anilines is 2. The molecule has 0 bridgehead atoms.